The third-order valence-corrected chi connectivity index (χ3v) is 5.09. The number of halogens is 4. The highest BCUT2D eigenvalue weighted by atomic mass is 35.5. The Balaban J connectivity index is 2.17. The second kappa shape index (κ2) is 6.20. The van der Waals surface area contributed by atoms with E-state index in [0.717, 1.165) is 31.5 Å². The zero-order valence-corrected chi connectivity index (χ0v) is 14.9. The van der Waals surface area contributed by atoms with Crippen LogP contribution < -0.4 is 0 Å². The molecule has 25 heavy (non-hydrogen) atoms. The topological polar surface area (TPSA) is 37.6 Å². The first kappa shape index (κ1) is 18.0. The normalized spacial score (nSPS) is 21.8. The Morgan fingerprint density at radius 3 is 2.44 bits per heavy atom. The Hall–Kier alpha value is -1.76. The Kier molecular flexibility index (Phi) is 4.47. The van der Waals surface area contributed by atoms with Gasteiger partial charge in [0.1, 0.15) is 5.69 Å². The highest BCUT2D eigenvalue weighted by molar-refractivity contribution is 6.33. The van der Waals surface area contributed by atoms with E-state index < -0.39 is 11.7 Å². The zero-order valence-electron chi connectivity index (χ0n) is 14.2. The average molecular weight is 374 g/mol. The molecule has 2 atom stereocenters. The smallest absolute Gasteiger partial charge is 0.332 e. The molecular formula is C17H19ClF3N3O. The number of piperidine rings is 1. The van der Waals surface area contributed by atoms with Crippen molar-refractivity contribution in [3.05, 3.63) is 34.2 Å². The lowest BCUT2D eigenvalue weighted by molar-refractivity contribution is -0.137. The van der Waals surface area contributed by atoms with Crippen molar-refractivity contribution in [2.45, 2.75) is 58.3 Å². The van der Waals surface area contributed by atoms with Crippen LogP contribution in [0.5, 0.6) is 0 Å². The fraction of sp³-hybridized carbons (Fsp3) is 0.529. The highest BCUT2D eigenvalue weighted by Crippen LogP contribution is 2.34. The Morgan fingerprint density at radius 1 is 1.28 bits per heavy atom. The summed E-state index contributed by atoms with van der Waals surface area (Å²) in [5.41, 5.74) is -0.233. The Bertz CT molecular complexity index is 821. The number of imidazole rings is 1. The van der Waals surface area contributed by atoms with Crippen molar-refractivity contribution in [3.8, 4) is 0 Å². The summed E-state index contributed by atoms with van der Waals surface area (Å²) >= 11 is 5.99. The molecule has 3 rings (SSSR count). The number of pyridine rings is 1. The monoisotopic (exact) mass is 373 g/mol. The molecule has 1 saturated heterocycles. The molecule has 1 fully saturated rings. The summed E-state index contributed by atoms with van der Waals surface area (Å²) in [4.78, 5) is 19.1. The second-order valence-corrected chi connectivity index (χ2v) is 7.06. The molecule has 0 N–H and O–H groups in total. The lowest BCUT2D eigenvalue weighted by atomic mass is 9.97. The van der Waals surface area contributed by atoms with Crippen LogP contribution in [0.15, 0.2) is 12.3 Å². The van der Waals surface area contributed by atoms with Crippen LogP contribution in [0.2, 0.25) is 5.02 Å². The Morgan fingerprint density at radius 2 is 1.88 bits per heavy atom. The van der Waals surface area contributed by atoms with Gasteiger partial charge in [0.25, 0.3) is 5.91 Å². The van der Waals surface area contributed by atoms with E-state index in [1.807, 2.05) is 13.8 Å². The van der Waals surface area contributed by atoms with E-state index in [-0.39, 0.29) is 34.4 Å². The van der Waals surface area contributed by atoms with Crippen LogP contribution in [0, 0.1) is 6.92 Å². The molecule has 8 heteroatoms. The number of amides is 1. The number of aromatic nitrogens is 2. The fourth-order valence-corrected chi connectivity index (χ4v) is 3.83. The summed E-state index contributed by atoms with van der Waals surface area (Å²) in [6.07, 6.45) is -0.876. The van der Waals surface area contributed by atoms with Gasteiger partial charge in [0, 0.05) is 18.3 Å². The number of likely N-dealkylation sites (tertiary alicyclic amines) is 1. The molecule has 1 amide bonds. The van der Waals surface area contributed by atoms with Crippen molar-refractivity contribution in [2.24, 2.45) is 0 Å². The van der Waals surface area contributed by atoms with E-state index in [2.05, 4.69) is 4.98 Å². The minimum absolute atomic E-state index is 0.0301. The number of alkyl halides is 3. The predicted molar refractivity (Wildman–Crippen MR) is 88.9 cm³/mol. The molecule has 2 unspecified atom stereocenters. The standard InChI is InChI=1S/C17H19ClF3N3O/c1-9-5-4-6-10(2)24(9)16(25)14-11(3)22-15-13(18)7-12(8-23(14)15)17(19,20)21/h7-10H,4-6H2,1-3H3. The largest absolute Gasteiger partial charge is 0.417 e. The summed E-state index contributed by atoms with van der Waals surface area (Å²) in [5.74, 6) is -0.305. The zero-order chi connectivity index (χ0) is 18.5. The van der Waals surface area contributed by atoms with Gasteiger partial charge in [0.15, 0.2) is 5.65 Å². The SMILES string of the molecule is Cc1nc2c(Cl)cc(C(F)(F)F)cn2c1C(=O)N1C(C)CCCC1C. The number of carbonyl (C=O) groups excluding carboxylic acids is 1. The van der Waals surface area contributed by atoms with Gasteiger partial charge in [-0.2, -0.15) is 13.2 Å². The number of nitrogens with zero attached hydrogens (tertiary/aromatic N) is 3. The summed E-state index contributed by atoms with van der Waals surface area (Å²) in [6.45, 7) is 5.53. The van der Waals surface area contributed by atoms with Crippen LogP contribution in [0.25, 0.3) is 5.65 Å². The fourth-order valence-electron chi connectivity index (χ4n) is 3.57. The number of hydrogen-bond acceptors (Lipinski definition) is 2. The maximum absolute atomic E-state index is 13.1. The highest BCUT2D eigenvalue weighted by Gasteiger charge is 2.35. The molecule has 0 saturated carbocycles. The van der Waals surface area contributed by atoms with Crippen LogP contribution in [0.3, 0.4) is 0 Å². The van der Waals surface area contributed by atoms with E-state index in [4.69, 9.17) is 11.6 Å². The first-order valence-corrected chi connectivity index (χ1v) is 8.57. The maximum Gasteiger partial charge on any atom is 0.417 e. The number of carbonyl (C=O) groups is 1. The van der Waals surface area contributed by atoms with Crippen LogP contribution in [-0.4, -0.2) is 32.3 Å². The summed E-state index contributed by atoms with van der Waals surface area (Å²) in [5, 5.41) is -0.128. The molecule has 3 heterocycles. The summed E-state index contributed by atoms with van der Waals surface area (Å²) < 4.78 is 40.6. The van der Waals surface area contributed by atoms with Gasteiger partial charge in [-0.15, -0.1) is 0 Å². The van der Waals surface area contributed by atoms with Gasteiger partial charge in [-0.3, -0.25) is 9.20 Å². The first-order chi connectivity index (χ1) is 11.6. The lowest BCUT2D eigenvalue weighted by Gasteiger charge is -2.39. The molecule has 2 aromatic heterocycles. The van der Waals surface area contributed by atoms with E-state index in [0.29, 0.717) is 5.69 Å². The summed E-state index contributed by atoms with van der Waals surface area (Å²) in [7, 11) is 0. The van der Waals surface area contributed by atoms with Gasteiger partial charge in [-0.1, -0.05) is 11.6 Å². The molecule has 0 radical (unpaired) electrons. The van der Waals surface area contributed by atoms with Crippen molar-refractivity contribution < 1.29 is 18.0 Å². The van der Waals surface area contributed by atoms with Gasteiger partial charge < -0.3 is 4.90 Å². The third kappa shape index (κ3) is 3.10. The molecule has 0 spiro atoms. The van der Waals surface area contributed by atoms with Crippen LogP contribution >= 0.6 is 11.6 Å². The Labute approximate surface area is 148 Å². The molecular weight excluding hydrogens is 355 g/mol. The maximum atomic E-state index is 13.1. The minimum Gasteiger partial charge on any atom is -0.332 e. The van der Waals surface area contributed by atoms with Crippen LogP contribution in [0.1, 0.15) is 54.9 Å². The molecule has 1 aliphatic rings. The number of hydrogen-bond donors (Lipinski definition) is 0. The van der Waals surface area contributed by atoms with Crippen molar-refractivity contribution in [3.63, 3.8) is 0 Å². The van der Waals surface area contributed by atoms with Crippen LogP contribution in [0.4, 0.5) is 13.2 Å². The molecule has 0 bridgehead atoms. The molecule has 136 valence electrons. The lowest BCUT2D eigenvalue weighted by Crippen LogP contribution is -2.48. The predicted octanol–water partition coefficient (Wildman–Crippen LogP) is 4.72. The molecule has 0 aliphatic carbocycles. The van der Waals surface area contributed by atoms with E-state index in [9.17, 15) is 18.0 Å². The first-order valence-electron chi connectivity index (χ1n) is 8.19. The molecule has 4 nitrogen and oxygen atoms in total. The van der Waals surface area contributed by atoms with Gasteiger partial charge in [-0.25, -0.2) is 4.98 Å². The molecule has 0 aromatic carbocycles. The van der Waals surface area contributed by atoms with E-state index in [1.165, 1.54) is 4.40 Å². The summed E-state index contributed by atoms with van der Waals surface area (Å²) in [6, 6.07) is 0.897. The van der Waals surface area contributed by atoms with Crippen LogP contribution in [-0.2, 0) is 6.18 Å². The number of rotatable bonds is 1. The van der Waals surface area contributed by atoms with E-state index >= 15 is 0 Å². The van der Waals surface area contributed by atoms with Crippen molar-refractivity contribution in [1.29, 1.82) is 0 Å². The van der Waals surface area contributed by atoms with Crippen molar-refractivity contribution >= 4 is 23.2 Å². The number of aryl methyl sites for hydroxylation is 1. The van der Waals surface area contributed by atoms with Gasteiger partial charge in [0.2, 0.25) is 0 Å². The van der Waals surface area contributed by atoms with Crippen molar-refractivity contribution in [1.82, 2.24) is 14.3 Å². The van der Waals surface area contributed by atoms with Crippen molar-refractivity contribution in [2.75, 3.05) is 0 Å². The van der Waals surface area contributed by atoms with E-state index in [1.54, 1.807) is 11.8 Å². The van der Waals surface area contributed by atoms with Gasteiger partial charge >= 0.3 is 6.18 Å². The minimum atomic E-state index is -4.55. The average Bonchev–Trinajstić information content (AvgIpc) is 2.82. The second-order valence-electron chi connectivity index (χ2n) is 6.66. The third-order valence-electron chi connectivity index (χ3n) is 4.81. The molecule has 1 aliphatic heterocycles. The molecule has 2 aromatic rings. The quantitative estimate of drug-likeness (QED) is 0.725. The van der Waals surface area contributed by atoms with Gasteiger partial charge in [-0.05, 0) is 46.1 Å². The number of fused-ring (bicyclic) bond motifs is 1. The van der Waals surface area contributed by atoms with Gasteiger partial charge in [0.05, 0.1) is 16.3 Å².